The third-order valence-electron chi connectivity index (χ3n) is 4.74. The molecule has 1 aromatic heterocycles. The molecule has 7 heteroatoms. The number of ether oxygens (including phenoxy) is 2. The second-order valence-electron chi connectivity index (χ2n) is 6.33. The van der Waals surface area contributed by atoms with Gasteiger partial charge in [-0.15, -0.1) is 0 Å². The van der Waals surface area contributed by atoms with Gasteiger partial charge >= 0.3 is 0 Å². The number of rotatable bonds is 3. The lowest BCUT2D eigenvalue weighted by Crippen LogP contribution is -2.32. The van der Waals surface area contributed by atoms with Gasteiger partial charge in [-0.25, -0.2) is 4.98 Å². The maximum Gasteiger partial charge on any atom is 0.228 e. The predicted molar refractivity (Wildman–Crippen MR) is 103 cm³/mol. The number of nitrogens with two attached hydrogens (primary N) is 2. The lowest BCUT2D eigenvalue weighted by atomic mass is 9.99. The summed E-state index contributed by atoms with van der Waals surface area (Å²) in [7, 11) is 3.19. The highest BCUT2D eigenvalue weighted by molar-refractivity contribution is 5.91. The van der Waals surface area contributed by atoms with E-state index in [2.05, 4.69) is 16.0 Å². The van der Waals surface area contributed by atoms with Crippen molar-refractivity contribution < 1.29 is 9.47 Å². The third kappa shape index (κ3) is 2.71. The van der Waals surface area contributed by atoms with Gasteiger partial charge in [-0.1, -0.05) is 6.07 Å². The van der Waals surface area contributed by atoms with Crippen molar-refractivity contribution in [2.24, 2.45) is 0 Å². The number of methoxy groups -OCH3 is 2. The van der Waals surface area contributed by atoms with E-state index < -0.39 is 0 Å². The van der Waals surface area contributed by atoms with Gasteiger partial charge in [-0.3, -0.25) is 0 Å². The summed E-state index contributed by atoms with van der Waals surface area (Å²) >= 11 is 0. The molecule has 26 heavy (non-hydrogen) atoms. The van der Waals surface area contributed by atoms with Crippen molar-refractivity contribution in [3.8, 4) is 11.5 Å². The monoisotopic (exact) mass is 351 g/mol. The van der Waals surface area contributed by atoms with Crippen molar-refractivity contribution >= 4 is 28.4 Å². The van der Waals surface area contributed by atoms with Crippen molar-refractivity contribution in [1.82, 2.24) is 9.97 Å². The van der Waals surface area contributed by atoms with Gasteiger partial charge in [0, 0.05) is 30.2 Å². The summed E-state index contributed by atoms with van der Waals surface area (Å²) in [5.41, 5.74) is 16.1. The Morgan fingerprint density at radius 1 is 0.962 bits per heavy atom. The minimum atomic E-state index is 0.421. The number of hydrogen-bond donors (Lipinski definition) is 2. The average molecular weight is 351 g/mol. The Bertz CT molecular complexity index is 989. The first-order valence-corrected chi connectivity index (χ1v) is 8.40. The van der Waals surface area contributed by atoms with Gasteiger partial charge in [-0.2, -0.15) is 4.98 Å². The molecule has 2 aromatic carbocycles. The van der Waals surface area contributed by atoms with Gasteiger partial charge < -0.3 is 25.8 Å². The summed E-state index contributed by atoms with van der Waals surface area (Å²) in [6, 6.07) is 9.68. The van der Waals surface area contributed by atoms with Crippen molar-refractivity contribution in [2.75, 3.05) is 37.1 Å². The summed E-state index contributed by atoms with van der Waals surface area (Å²) in [6.07, 6.45) is 0.919. The van der Waals surface area contributed by atoms with Crippen LogP contribution in [0.3, 0.4) is 0 Å². The van der Waals surface area contributed by atoms with Crippen LogP contribution in [-0.2, 0) is 13.0 Å². The summed E-state index contributed by atoms with van der Waals surface area (Å²) in [6.45, 7) is 1.54. The highest BCUT2D eigenvalue weighted by atomic mass is 16.5. The fraction of sp³-hybridized carbons (Fsp3) is 0.263. The molecule has 4 rings (SSSR count). The van der Waals surface area contributed by atoms with Gasteiger partial charge in [0.15, 0.2) is 11.5 Å². The number of aromatic nitrogens is 2. The number of nitrogens with zero attached hydrogens (tertiary/aromatic N) is 3. The minimum Gasteiger partial charge on any atom is -0.493 e. The number of nitrogen functional groups attached to an aromatic ring is 2. The van der Waals surface area contributed by atoms with Crippen LogP contribution >= 0.6 is 0 Å². The Kier molecular flexibility index (Phi) is 3.91. The lowest BCUT2D eigenvalue weighted by molar-refractivity contribution is 0.356. The molecule has 1 aliphatic rings. The molecule has 0 saturated heterocycles. The van der Waals surface area contributed by atoms with E-state index in [-0.39, 0.29) is 0 Å². The van der Waals surface area contributed by atoms with E-state index in [0.717, 1.165) is 29.6 Å². The molecule has 0 amide bonds. The zero-order valence-electron chi connectivity index (χ0n) is 14.8. The molecule has 0 aliphatic carbocycles. The Labute approximate surface area is 151 Å². The molecule has 0 atom stereocenters. The van der Waals surface area contributed by atoms with Crippen molar-refractivity contribution in [2.45, 2.75) is 13.0 Å². The molecule has 2 heterocycles. The van der Waals surface area contributed by atoms with Crippen molar-refractivity contribution in [3.63, 3.8) is 0 Å². The minimum absolute atomic E-state index is 0.421. The number of fused-ring (bicyclic) bond motifs is 2. The maximum atomic E-state index is 6.20. The summed E-state index contributed by atoms with van der Waals surface area (Å²) in [5, 5.41) is 0.744. The van der Waals surface area contributed by atoms with E-state index in [4.69, 9.17) is 25.9 Å². The molecular weight excluding hydrogens is 330 g/mol. The van der Waals surface area contributed by atoms with Crippen LogP contribution in [0.5, 0.6) is 11.5 Å². The molecule has 0 unspecified atom stereocenters. The normalized spacial score (nSPS) is 13.5. The van der Waals surface area contributed by atoms with Crippen LogP contribution < -0.4 is 25.8 Å². The zero-order valence-corrected chi connectivity index (χ0v) is 14.8. The van der Waals surface area contributed by atoms with Gasteiger partial charge in [0.05, 0.1) is 19.7 Å². The predicted octanol–water partition coefficient (Wildman–Crippen LogP) is 2.37. The molecular formula is C19H21N5O2. The molecule has 0 bridgehead atoms. The zero-order chi connectivity index (χ0) is 18.3. The average Bonchev–Trinajstić information content (AvgIpc) is 2.66. The number of benzene rings is 2. The molecule has 0 fully saturated rings. The molecule has 4 N–H and O–H groups in total. The van der Waals surface area contributed by atoms with Crippen molar-refractivity contribution in [3.05, 3.63) is 41.5 Å². The van der Waals surface area contributed by atoms with Crippen LogP contribution in [0.2, 0.25) is 0 Å². The van der Waals surface area contributed by atoms with E-state index in [0.29, 0.717) is 29.8 Å². The van der Waals surface area contributed by atoms with E-state index in [1.165, 1.54) is 11.1 Å². The summed E-state index contributed by atoms with van der Waals surface area (Å²) in [5.74, 6) is 2.24. The molecule has 3 aromatic rings. The first kappa shape index (κ1) is 16.3. The number of anilines is 3. The lowest BCUT2D eigenvalue weighted by Gasteiger charge is -2.29. The molecule has 0 spiro atoms. The van der Waals surface area contributed by atoms with E-state index in [1.54, 1.807) is 20.3 Å². The van der Waals surface area contributed by atoms with Gasteiger partial charge in [0.2, 0.25) is 5.95 Å². The fourth-order valence-corrected chi connectivity index (χ4v) is 3.36. The van der Waals surface area contributed by atoms with Crippen LogP contribution in [0.25, 0.3) is 10.9 Å². The first-order chi connectivity index (χ1) is 12.6. The van der Waals surface area contributed by atoms with Crippen LogP contribution in [0.4, 0.5) is 17.5 Å². The van der Waals surface area contributed by atoms with Crippen LogP contribution in [0.1, 0.15) is 11.1 Å². The summed E-state index contributed by atoms with van der Waals surface area (Å²) < 4.78 is 10.7. The highest BCUT2D eigenvalue weighted by Crippen LogP contribution is 2.34. The van der Waals surface area contributed by atoms with Crippen molar-refractivity contribution in [1.29, 1.82) is 0 Å². The Hall–Kier alpha value is -3.22. The quantitative estimate of drug-likeness (QED) is 0.699. The van der Waals surface area contributed by atoms with Crippen LogP contribution in [0, 0.1) is 0 Å². The first-order valence-electron chi connectivity index (χ1n) is 8.40. The molecule has 134 valence electrons. The Morgan fingerprint density at radius 3 is 2.50 bits per heavy atom. The van der Waals surface area contributed by atoms with Crippen LogP contribution in [0.15, 0.2) is 30.3 Å². The van der Waals surface area contributed by atoms with Gasteiger partial charge in [-0.05, 0) is 35.7 Å². The molecule has 0 saturated carbocycles. The SMILES string of the molecule is COc1cc2nc(N3CCc4ccc(N)cc4C3)nc(N)c2cc1OC. The smallest absolute Gasteiger partial charge is 0.228 e. The second-order valence-corrected chi connectivity index (χ2v) is 6.33. The molecule has 0 radical (unpaired) electrons. The van der Waals surface area contributed by atoms with E-state index in [9.17, 15) is 0 Å². The third-order valence-corrected chi connectivity index (χ3v) is 4.74. The van der Waals surface area contributed by atoms with Gasteiger partial charge in [0.25, 0.3) is 0 Å². The Morgan fingerprint density at radius 2 is 1.73 bits per heavy atom. The fourth-order valence-electron chi connectivity index (χ4n) is 3.36. The van der Waals surface area contributed by atoms with E-state index >= 15 is 0 Å². The number of hydrogen-bond acceptors (Lipinski definition) is 7. The highest BCUT2D eigenvalue weighted by Gasteiger charge is 2.20. The largest absolute Gasteiger partial charge is 0.493 e. The Balaban J connectivity index is 1.75. The maximum absolute atomic E-state index is 6.20. The summed E-state index contributed by atoms with van der Waals surface area (Å²) in [4.78, 5) is 11.3. The van der Waals surface area contributed by atoms with Crippen LogP contribution in [-0.4, -0.2) is 30.7 Å². The second kappa shape index (κ2) is 6.25. The molecule has 7 nitrogen and oxygen atoms in total. The van der Waals surface area contributed by atoms with E-state index in [1.807, 2.05) is 18.2 Å². The van der Waals surface area contributed by atoms with Gasteiger partial charge in [0.1, 0.15) is 5.82 Å². The standard InChI is InChI=1S/C19H21N5O2/c1-25-16-8-14-15(9-17(16)26-2)22-19(23-18(14)21)24-6-5-11-3-4-13(20)7-12(11)10-24/h3-4,7-9H,5-6,10,20H2,1-2H3,(H2,21,22,23). The molecule has 1 aliphatic heterocycles. The topological polar surface area (TPSA) is 99.5 Å².